The largest absolute Gasteiger partial charge is 0.491 e. The highest BCUT2D eigenvalue weighted by Gasteiger charge is 2.52. The second-order valence-corrected chi connectivity index (χ2v) is 7.43. The number of carbonyl (C=O) groups is 4. The van der Waals surface area contributed by atoms with Crippen LogP contribution in [0.3, 0.4) is 0 Å². The molecule has 0 rings (SSSR count). The first-order valence-electron chi connectivity index (χ1n) is 8.46. The summed E-state index contributed by atoms with van der Waals surface area (Å²) in [5, 5.41) is 0. The van der Waals surface area contributed by atoms with Crippen LogP contribution < -0.4 is 11.2 Å². The van der Waals surface area contributed by atoms with E-state index in [0.717, 1.165) is 0 Å². The van der Waals surface area contributed by atoms with Crippen LogP contribution in [0.4, 0.5) is 13.2 Å². The first kappa shape index (κ1) is 27.7. The molecule has 0 amide bonds. The van der Waals surface area contributed by atoms with E-state index in [1.807, 2.05) is 5.48 Å². The molecule has 0 spiro atoms. The molecule has 8 nitrogen and oxygen atoms in total. The Bertz CT molecular complexity index is 630. The highest BCUT2D eigenvalue weighted by Crippen LogP contribution is 2.27. The van der Waals surface area contributed by atoms with Crippen LogP contribution in [-0.2, 0) is 28.8 Å². The lowest BCUT2D eigenvalue weighted by molar-refractivity contribution is -0.234. The van der Waals surface area contributed by atoms with E-state index in [1.54, 1.807) is 13.8 Å². The van der Waals surface area contributed by atoms with Gasteiger partial charge in [-0.3, -0.25) is 9.59 Å². The predicted molar refractivity (Wildman–Crippen MR) is 103 cm³/mol. The zero-order chi connectivity index (χ0) is 23.2. The number of nitrogens with one attached hydrogen (secondary N) is 1. The van der Waals surface area contributed by atoms with Crippen LogP contribution in [0, 0.1) is 17.8 Å². The van der Waals surface area contributed by atoms with Gasteiger partial charge in [-0.2, -0.15) is 38.4 Å². The molecule has 0 bridgehead atoms. The van der Waals surface area contributed by atoms with Crippen LogP contribution in [0.25, 0.3) is 0 Å². The third-order valence-corrected chi connectivity index (χ3v) is 4.66. The third-order valence-electron chi connectivity index (χ3n) is 4.06. The zero-order valence-corrected chi connectivity index (χ0v) is 18.1. The van der Waals surface area contributed by atoms with Crippen LogP contribution >= 0.6 is 25.3 Å². The van der Waals surface area contributed by atoms with Crippen molar-refractivity contribution >= 4 is 48.8 Å². The van der Waals surface area contributed by atoms with Gasteiger partial charge in [0.15, 0.2) is 0 Å². The molecule has 13 heteroatoms. The van der Waals surface area contributed by atoms with Crippen molar-refractivity contribution in [3.05, 3.63) is 0 Å². The summed E-state index contributed by atoms with van der Waals surface area (Å²) in [7, 11) is 0. The molecule has 3 unspecified atom stereocenters. The van der Waals surface area contributed by atoms with E-state index >= 15 is 0 Å². The van der Waals surface area contributed by atoms with Crippen molar-refractivity contribution in [3.63, 3.8) is 0 Å². The normalized spacial score (nSPS) is 16.1. The van der Waals surface area contributed by atoms with Gasteiger partial charge in [-0.05, 0) is 5.92 Å². The number of hydroxylamine groups is 1. The summed E-state index contributed by atoms with van der Waals surface area (Å²) < 4.78 is 42.3. The van der Waals surface area contributed by atoms with Crippen molar-refractivity contribution in [1.29, 1.82) is 0 Å². The molecule has 29 heavy (non-hydrogen) atoms. The Balaban J connectivity index is 5.71. The van der Waals surface area contributed by atoms with Gasteiger partial charge in [0.05, 0.1) is 5.75 Å². The van der Waals surface area contributed by atoms with E-state index in [-0.39, 0.29) is 11.7 Å². The van der Waals surface area contributed by atoms with Crippen LogP contribution in [0.2, 0.25) is 0 Å². The smallest absolute Gasteiger partial charge is 0.426 e. The SMILES string of the molecule is CC(C)C(C(=O)CS)C(N)C(=O)ONC(OC(=O)C(F)(F)F)(C(=O)CS)C(C)C. The summed E-state index contributed by atoms with van der Waals surface area (Å²) in [6.45, 7) is 5.77. The second-order valence-electron chi connectivity index (χ2n) is 6.80. The third kappa shape index (κ3) is 7.15. The molecule has 3 atom stereocenters. The summed E-state index contributed by atoms with van der Waals surface area (Å²) in [6, 6.07) is -1.50. The zero-order valence-electron chi connectivity index (χ0n) is 16.3. The fourth-order valence-corrected chi connectivity index (χ4v) is 2.89. The minimum atomic E-state index is -5.40. The first-order chi connectivity index (χ1) is 13.1. The number of nitrogens with two attached hydrogens (primary N) is 1. The lowest BCUT2D eigenvalue weighted by Crippen LogP contribution is -2.62. The maximum absolute atomic E-state index is 12.7. The van der Waals surface area contributed by atoms with Gasteiger partial charge in [0.25, 0.3) is 5.72 Å². The molecule has 0 saturated heterocycles. The van der Waals surface area contributed by atoms with E-state index in [4.69, 9.17) is 10.6 Å². The quantitative estimate of drug-likeness (QED) is 0.156. The maximum atomic E-state index is 12.7. The fourth-order valence-electron chi connectivity index (χ4n) is 2.45. The molecule has 0 radical (unpaired) electrons. The summed E-state index contributed by atoms with van der Waals surface area (Å²) in [6.07, 6.45) is -5.40. The first-order valence-corrected chi connectivity index (χ1v) is 9.73. The predicted octanol–water partition coefficient (Wildman–Crippen LogP) is 1.09. The van der Waals surface area contributed by atoms with Crippen LogP contribution in [-0.4, -0.2) is 53.0 Å². The number of ether oxygens (including phenoxy) is 1. The van der Waals surface area contributed by atoms with Crippen LogP contribution in [0.15, 0.2) is 0 Å². The maximum Gasteiger partial charge on any atom is 0.491 e. The van der Waals surface area contributed by atoms with Crippen molar-refractivity contribution in [3.8, 4) is 0 Å². The Morgan fingerprint density at radius 3 is 1.90 bits per heavy atom. The molecule has 0 aliphatic carbocycles. The molecular formula is C16H25F3N2O6S2. The number of ketones is 2. The minimum Gasteiger partial charge on any atom is -0.426 e. The summed E-state index contributed by atoms with van der Waals surface area (Å²) in [5.41, 5.74) is 4.92. The Kier molecular flexibility index (Phi) is 10.7. The molecule has 0 aromatic carbocycles. The number of esters is 1. The van der Waals surface area contributed by atoms with Crippen molar-refractivity contribution in [1.82, 2.24) is 5.48 Å². The Labute approximate surface area is 177 Å². The van der Waals surface area contributed by atoms with E-state index in [2.05, 4.69) is 30.0 Å². The lowest BCUT2D eigenvalue weighted by Gasteiger charge is -2.35. The number of thiol groups is 2. The van der Waals surface area contributed by atoms with Gasteiger partial charge in [-0.1, -0.05) is 27.7 Å². The van der Waals surface area contributed by atoms with Gasteiger partial charge >= 0.3 is 18.1 Å². The lowest BCUT2D eigenvalue weighted by atomic mass is 9.86. The van der Waals surface area contributed by atoms with Gasteiger partial charge < -0.3 is 15.3 Å². The fraction of sp³-hybridized carbons (Fsp3) is 0.750. The number of alkyl halides is 3. The minimum absolute atomic E-state index is 0.200. The molecule has 0 aromatic heterocycles. The van der Waals surface area contributed by atoms with Crippen molar-refractivity contribution in [2.24, 2.45) is 23.5 Å². The number of rotatable bonds is 11. The number of Topliss-reactive ketones (excluding diaryl/α,β-unsaturated/α-hetero) is 2. The van der Waals surface area contributed by atoms with Gasteiger partial charge in [0, 0.05) is 17.6 Å². The molecule has 168 valence electrons. The van der Waals surface area contributed by atoms with Gasteiger partial charge in [-0.15, -0.1) is 5.48 Å². The average molecular weight is 463 g/mol. The van der Waals surface area contributed by atoms with Crippen LogP contribution in [0.1, 0.15) is 27.7 Å². The molecule has 3 N–H and O–H groups in total. The summed E-state index contributed by atoms with van der Waals surface area (Å²) in [5.74, 6) is -8.75. The Morgan fingerprint density at radius 1 is 1.03 bits per heavy atom. The Hall–Kier alpha value is -1.31. The topological polar surface area (TPSA) is 125 Å². The second kappa shape index (κ2) is 11.2. The number of hydrogen-bond acceptors (Lipinski definition) is 10. The summed E-state index contributed by atoms with van der Waals surface area (Å²) >= 11 is 7.55. The molecule has 0 aliphatic heterocycles. The Morgan fingerprint density at radius 2 is 1.55 bits per heavy atom. The monoisotopic (exact) mass is 462 g/mol. The highest BCUT2D eigenvalue weighted by atomic mass is 32.1. The van der Waals surface area contributed by atoms with Gasteiger partial charge in [-0.25, -0.2) is 9.59 Å². The molecule has 0 aromatic rings. The number of hydrogen-bond donors (Lipinski definition) is 4. The molecule has 0 fully saturated rings. The van der Waals surface area contributed by atoms with Crippen molar-refractivity contribution in [2.75, 3.05) is 11.5 Å². The highest BCUT2D eigenvalue weighted by molar-refractivity contribution is 7.81. The van der Waals surface area contributed by atoms with E-state index in [0.29, 0.717) is 0 Å². The standard InChI is InChI=1S/C16H25F3N2O6S2/c1-7(2)11(9(22)5-28)12(20)13(24)27-21-15(8(3)4,10(23)6-29)26-14(25)16(17,18)19/h7-8,11-12,21,28-29H,5-6,20H2,1-4H3. The average Bonchev–Trinajstić information content (AvgIpc) is 2.62. The van der Waals surface area contributed by atoms with E-state index in [9.17, 15) is 32.3 Å². The van der Waals surface area contributed by atoms with Crippen LogP contribution in [0.5, 0.6) is 0 Å². The molecular weight excluding hydrogens is 437 g/mol. The van der Waals surface area contributed by atoms with Gasteiger partial charge in [0.2, 0.25) is 5.78 Å². The number of carbonyl (C=O) groups excluding carboxylic acids is 4. The molecule has 0 aliphatic rings. The molecule has 0 heterocycles. The van der Waals surface area contributed by atoms with E-state index < -0.39 is 59.0 Å². The van der Waals surface area contributed by atoms with Crippen molar-refractivity contribution in [2.45, 2.75) is 45.6 Å². The van der Waals surface area contributed by atoms with E-state index in [1.165, 1.54) is 13.8 Å². The number of halogens is 3. The summed E-state index contributed by atoms with van der Waals surface area (Å²) in [4.78, 5) is 52.5. The van der Waals surface area contributed by atoms with Gasteiger partial charge in [0.1, 0.15) is 11.8 Å². The van der Waals surface area contributed by atoms with Crippen molar-refractivity contribution < 1.29 is 41.9 Å². The molecule has 0 saturated carbocycles.